The molecule has 0 spiro atoms. The van der Waals surface area contributed by atoms with Crippen molar-refractivity contribution in [3.63, 3.8) is 0 Å². The van der Waals surface area contributed by atoms with Crippen LogP contribution in [0.3, 0.4) is 0 Å². The van der Waals surface area contributed by atoms with Crippen LogP contribution < -0.4 is 5.32 Å². The predicted octanol–water partition coefficient (Wildman–Crippen LogP) is 1.87. The molecule has 1 heterocycles. The average molecular weight is 295 g/mol. The highest BCUT2D eigenvalue weighted by molar-refractivity contribution is 6.30. The predicted molar refractivity (Wildman–Crippen MR) is 72.7 cm³/mol. The van der Waals surface area contributed by atoms with Crippen LogP contribution in [0.2, 0.25) is 5.02 Å². The van der Waals surface area contributed by atoms with Crippen LogP contribution in [0.15, 0.2) is 36.7 Å². The summed E-state index contributed by atoms with van der Waals surface area (Å²) in [4.78, 5) is 21.9. The molecule has 1 aromatic carbocycles. The van der Waals surface area contributed by atoms with E-state index in [-0.39, 0.29) is 17.2 Å². The number of amides is 1. The number of hydrogen-bond donors (Lipinski definition) is 1. The molecule has 0 aliphatic heterocycles. The third kappa shape index (κ3) is 3.55. The molecule has 0 unspecified atom stereocenters. The number of nitrogens with one attached hydrogen (secondary N) is 1. The van der Waals surface area contributed by atoms with Crippen LogP contribution in [0, 0.1) is 10.1 Å². The molecule has 0 fully saturated rings. The number of aromatic nitrogens is 2. The van der Waals surface area contributed by atoms with Gasteiger partial charge in [-0.05, 0) is 6.07 Å². The van der Waals surface area contributed by atoms with Crippen molar-refractivity contribution in [2.75, 3.05) is 6.54 Å². The van der Waals surface area contributed by atoms with Gasteiger partial charge in [-0.1, -0.05) is 17.7 Å². The lowest BCUT2D eigenvalue weighted by Crippen LogP contribution is -2.27. The zero-order chi connectivity index (χ0) is 14.5. The fourth-order valence-corrected chi connectivity index (χ4v) is 1.76. The summed E-state index contributed by atoms with van der Waals surface area (Å²) < 4.78 is 1.59. The summed E-state index contributed by atoms with van der Waals surface area (Å²) in [6.45, 7) is 0.812. The highest BCUT2D eigenvalue weighted by Crippen LogP contribution is 2.12. The van der Waals surface area contributed by atoms with Crippen molar-refractivity contribution in [2.45, 2.75) is 6.54 Å². The van der Waals surface area contributed by atoms with Crippen molar-refractivity contribution in [1.29, 1.82) is 0 Å². The van der Waals surface area contributed by atoms with E-state index in [0.717, 1.165) is 0 Å². The van der Waals surface area contributed by atoms with E-state index in [1.54, 1.807) is 10.9 Å². The minimum atomic E-state index is -0.539. The molecule has 0 saturated carbocycles. The van der Waals surface area contributed by atoms with Crippen LogP contribution >= 0.6 is 11.6 Å². The monoisotopic (exact) mass is 294 g/mol. The minimum absolute atomic E-state index is 0.114. The Morgan fingerprint density at radius 1 is 1.50 bits per heavy atom. The second-order valence-electron chi connectivity index (χ2n) is 3.98. The van der Waals surface area contributed by atoms with E-state index in [1.165, 1.54) is 30.5 Å². The molecule has 0 saturated heterocycles. The first-order chi connectivity index (χ1) is 9.56. The highest BCUT2D eigenvalue weighted by Gasteiger charge is 2.10. The quantitative estimate of drug-likeness (QED) is 0.673. The molecule has 1 amide bonds. The van der Waals surface area contributed by atoms with E-state index in [9.17, 15) is 14.9 Å². The molecule has 104 valence electrons. The van der Waals surface area contributed by atoms with Crippen LogP contribution in [0.4, 0.5) is 5.69 Å². The second-order valence-corrected chi connectivity index (χ2v) is 4.42. The van der Waals surface area contributed by atoms with E-state index >= 15 is 0 Å². The van der Waals surface area contributed by atoms with Gasteiger partial charge in [0, 0.05) is 30.4 Å². The molecule has 1 aromatic heterocycles. The molecule has 8 heteroatoms. The Balaban J connectivity index is 1.91. The van der Waals surface area contributed by atoms with Crippen LogP contribution in [-0.4, -0.2) is 27.2 Å². The molecule has 2 rings (SSSR count). The van der Waals surface area contributed by atoms with Gasteiger partial charge < -0.3 is 5.32 Å². The van der Waals surface area contributed by atoms with E-state index in [0.29, 0.717) is 18.1 Å². The molecule has 0 aliphatic rings. The number of halogens is 1. The maximum atomic E-state index is 11.8. The highest BCUT2D eigenvalue weighted by atomic mass is 35.5. The molecule has 0 atom stereocenters. The van der Waals surface area contributed by atoms with Gasteiger partial charge in [-0.15, -0.1) is 0 Å². The van der Waals surface area contributed by atoms with Crippen LogP contribution in [0.5, 0.6) is 0 Å². The molecular formula is C12H11ClN4O3. The van der Waals surface area contributed by atoms with Gasteiger partial charge in [-0.25, -0.2) is 0 Å². The van der Waals surface area contributed by atoms with Crippen molar-refractivity contribution in [3.05, 3.63) is 57.4 Å². The number of carbonyl (C=O) groups is 1. The molecule has 0 aliphatic carbocycles. The number of carbonyl (C=O) groups excluding carboxylic acids is 1. The van der Waals surface area contributed by atoms with Gasteiger partial charge in [0.2, 0.25) is 0 Å². The zero-order valence-electron chi connectivity index (χ0n) is 10.3. The molecule has 0 radical (unpaired) electrons. The summed E-state index contributed by atoms with van der Waals surface area (Å²) >= 11 is 5.71. The van der Waals surface area contributed by atoms with Gasteiger partial charge in [0.1, 0.15) is 0 Å². The van der Waals surface area contributed by atoms with Crippen molar-refractivity contribution < 1.29 is 9.72 Å². The second kappa shape index (κ2) is 6.16. The first-order valence-corrected chi connectivity index (χ1v) is 6.14. The van der Waals surface area contributed by atoms with Crippen molar-refractivity contribution in [3.8, 4) is 0 Å². The number of benzene rings is 1. The van der Waals surface area contributed by atoms with Gasteiger partial charge in [0.25, 0.3) is 11.6 Å². The molecule has 7 nitrogen and oxygen atoms in total. The van der Waals surface area contributed by atoms with Crippen LogP contribution in [0.25, 0.3) is 0 Å². The molecule has 0 bridgehead atoms. The van der Waals surface area contributed by atoms with Gasteiger partial charge in [-0.3, -0.25) is 19.6 Å². The standard InChI is InChI=1S/C12H11ClN4O3/c13-10-7-15-16(8-10)5-4-14-12(18)9-2-1-3-11(6-9)17(19)20/h1-3,6-8H,4-5H2,(H,14,18). The number of nitro groups is 1. The number of nitro benzene ring substituents is 1. The Kier molecular flexibility index (Phi) is 4.31. The summed E-state index contributed by atoms with van der Waals surface area (Å²) in [6, 6.07) is 5.57. The third-order valence-corrected chi connectivity index (χ3v) is 2.74. The average Bonchev–Trinajstić information content (AvgIpc) is 2.84. The number of nitrogens with zero attached hydrogens (tertiary/aromatic N) is 3. The van der Waals surface area contributed by atoms with Gasteiger partial charge in [0.05, 0.1) is 22.7 Å². The molecule has 1 N–H and O–H groups in total. The Morgan fingerprint density at radius 2 is 2.30 bits per heavy atom. The Labute approximate surface area is 119 Å². The van der Waals surface area contributed by atoms with E-state index < -0.39 is 4.92 Å². The Hall–Kier alpha value is -2.41. The first-order valence-electron chi connectivity index (χ1n) is 5.77. The minimum Gasteiger partial charge on any atom is -0.350 e. The summed E-state index contributed by atoms with van der Waals surface area (Å²) in [5.41, 5.74) is 0.134. The molecule has 20 heavy (non-hydrogen) atoms. The van der Waals surface area contributed by atoms with Crippen molar-refractivity contribution >= 4 is 23.2 Å². The summed E-state index contributed by atoms with van der Waals surface area (Å²) in [7, 11) is 0. The fraction of sp³-hybridized carbons (Fsp3) is 0.167. The summed E-state index contributed by atoms with van der Waals surface area (Å²) in [5, 5.41) is 17.8. The lowest BCUT2D eigenvalue weighted by Gasteiger charge is -2.05. The van der Waals surface area contributed by atoms with Crippen LogP contribution in [0.1, 0.15) is 10.4 Å². The topological polar surface area (TPSA) is 90.1 Å². The third-order valence-electron chi connectivity index (χ3n) is 2.55. The van der Waals surface area contributed by atoms with Crippen molar-refractivity contribution in [1.82, 2.24) is 15.1 Å². The summed E-state index contributed by atoms with van der Waals surface area (Å²) in [5.74, 6) is -0.369. The van der Waals surface area contributed by atoms with Crippen molar-refractivity contribution in [2.24, 2.45) is 0 Å². The normalized spacial score (nSPS) is 10.2. The van der Waals surface area contributed by atoms with E-state index in [2.05, 4.69) is 10.4 Å². The van der Waals surface area contributed by atoms with Gasteiger partial charge in [-0.2, -0.15) is 5.10 Å². The first kappa shape index (κ1) is 14.0. The van der Waals surface area contributed by atoms with E-state index in [1.807, 2.05) is 0 Å². The number of non-ortho nitro benzene ring substituents is 1. The maximum Gasteiger partial charge on any atom is 0.270 e. The van der Waals surface area contributed by atoms with Gasteiger partial charge in [0.15, 0.2) is 0 Å². The van der Waals surface area contributed by atoms with Crippen LogP contribution in [-0.2, 0) is 6.54 Å². The molecular weight excluding hydrogens is 284 g/mol. The Morgan fingerprint density at radius 3 is 2.95 bits per heavy atom. The lowest BCUT2D eigenvalue weighted by molar-refractivity contribution is -0.384. The number of hydrogen-bond acceptors (Lipinski definition) is 4. The SMILES string of the molecule is O=C(NCCn1cc(Cl)cn1)c1cccc([N+](=O)[O-])c1. The smallest absolute Gasteiger partial charge is 0.270 e. The largest absolute Gasteiger partial charge is 0.350 e. The number of rotatable bonds is 5. The summed E-state index contributed by atoms with van der Waals surface area (Å²) in [6.07, 6.45) is 3.14. The Bertz CT molecular complexity index is 641. The van der Waals surface area contributed by atoms with E-state index in [4.69, 9.17) is 11.6 Å². The lowest BCUT2D eigenvalue weighted by atomic mass is 10.2. The fourth-order valence-electron chi connectivity index (χ4n) is 1.61. The van der Waals surface area contributed by atoms with Gasteiger partial charge >= 0.3 is 0 Å². The zero-order valence-corrected chi connectivity index (χ0v) is 11.1. The maximum absolute atomic E-state index is 11.8. The molecule has 2 aromatic rings.